The first-order valence-electron chi connectivity index (χ1n) is 12.2. The van der Waals surface area contributed by atoms with E-state index in [0.29, 0.717) is 27.6 Å². The van der Waals surface area contributed by atoms with Gasteiger partial charge in [-0.25, -0.2) is 4.98 Å². The Morgan fingerprint density at radius 3 is 2.37 bits per heavy atom. The van der Waals surface area contributed by atoms with Crippen molar-refractivity contribution >= 4 is 34.4 Å². The number of rotatable bonds is 7. The summed E-state index contributed by atoms with van der Waals surface area (Å²) in [6.45, 7) is 6.00. The Morgan fingerprint density at radius 1 is 1.03 bits per heavy atom. The van der Waals surface area contributed by atoms with Gasteiger partial charge < -0.3 is 15.0 Å². The van der Waals surface area contributed by atoms with Gasteiger partial charge in [0.15, 0.2) is 5.16 Å². The number of benzene rings is 3. The Hall–Kier alpha value is -4.30. The molecule has 2 heterocycles. The van der Waals surface area contributed by atoms with Gasteiger partial charge in [0.2, 0.25) is 5.91 Å². The van der Waals surface area contributed by atoms with Crippen LogP contribution in [0.25, 0.3) is 27.8 Å². The molecule has 0 unspecified atom stereocenters. The summed E-state index contributed by atoms with van der Waals surface area (Å²) in [5.41, 5.74) is 7.13. The fourth-order valence-electron chi connectivity index (χ4n) is 4.62. The Kier molecular flexibility index (Phi) is 7.07. The fourth-order valence-corrected chi connectivity index (χ4v) is 5.42. The van der Waals surface area contributed by atoms with Crippen LogP contribution in [0.3, 0.4) is 0 Å². The molecular weight excluding hydrogens is 496 g/mol. The van der Waals surface area contributed by atoms with Gasteiger partial charge in [0.05, 0.1) is 18.6 Å². The average Bonchev–Trinajstić information content (AvgIpc) is 3.34. The maximum atomic E-state index is 13.8. The molecule has 0 aliphatic heterocycles. The number of fused-ring (bicyclic) bond motifs is 1. The largest absolute Gasteiger partial charge is 0.497 e. The highest BCUT2D eigenvalue weighted by Gasteiger charge is 2.19. The highest BCUT2D eigenvalue weighted by Crippen LogP contribution is 2.29. The number of methoxy groups -OCH3 is 1. The number of hydrogen-bond acceptors (Lipinski definition) is 5. The lowest BCUT2D eigenvalue weighted by atomic mass is 10.1. The molecule has 0 saturated heterocycles. The number of hydrogen-bond donors (Lipinski definition) is 2. The number of anilines is 1. The van der Waals surface area contributed by atoms with E-state index in [9.17, 15) is 9.59 Å². The number of thioether (sulfide) groups is 1. The van der Waals surface area contributed by atoms with E-state index in [1.54, 1.807) is 37.6 Å². The van der Waals surface area contributed by atoms with Gasteiger partial charge >= 0.3 is 0 Å². The van der Waals surface area contributed by atoms with Crippen molar-refractivity contribution in [3.05, 3.63) is 100.0 Å². The summed E-state index contributed by atoms with van der Waals surface area (Å²) >= 11 is 1.23. The number of H-pyrrole nitrogens is 1. The molecule has 0 radical (unpaired) electrons. The second-order valence-corrected chi connectivity index (χ2v) is 10.1. The standard InChI is InChI=1S/C30H28N4O3S/c1-18-14-19(2)26(20(3)15-18)32-25(35)17-38-30-33-27-24(21-8-6-5-7-9-21)16-31-28(27)29(36)34(30)22-10-12-23(37-4)13-11-22/h5-16,31H,17H2,1-4H3,(H,32,35). The van der Waals surface area contributed by atoms with Crippen LogP contribution in [0, 0.1) is 20.8 Å². The van der Waals surface area contributed by atoms with Crippen molar-refractivity contribution in [2.75, 3.05) is 18.2 Å². The van der Waals surface area contributed by atoms with Crippen molar-refractivity contribution in [1.82, 2.24) is 14.5 Å². The Labute approximate surface area is 224 Å². The van der Waals surface area contributed by atoms with Gasteiger partial charge in [-0.3, -0.25) is 14.2 Å². The number of aromatic nitrogens is 3. The normalized spacial score (nSPS) is 11.1. The summed E-state index contributed by atoms with van der Waals surface area (Å²) in [5.74, 6) is 0.601. The molecule has 2 aromatic heterocycles. The average molecular weight is 525 g/mol. The van der Waals surface area contributed by atoms with Crippen LogP contribution in [0.4, 0.5) is 5.69 Å². The number of amides is 1. The monoisotopic (exact) mass is 524 g/mol. The molecule has 2 N–H and O–H groups in total. The second-order valence-electron chi connectivity index (χ2n) is 9.14. The molecule has 0 spiro atoms. The van der Waals surface area contributed by atoms with Crippen molar-refractivity contribution in [2.45, 2.75) is 25.9 Å². The molecule has 0 bridgehead atoms. The first-order chi connectivity index (χ1) is 18.4. The molecular formula is C30H28N4O3S. The summed E-state index contributed by atoms with van der Waals surface area (Å²) in [6, 6.07) is 21.1. The number of ether oxygens (including phenoxy) is 1. The van der Waals surface area contributed by atoms with Crippen LogP contribution in [0.5, 0.6) is 5.75 Å². The smallest absolute Gasteiger partial charge is 0.283 e. The molecule has 1 amide bonds. The lowest BCUT2D eigenvalue weighted by Gasteiger charge is -2.15. The first kappa shape index (κ1) is 25.4. The minimum atomic E-state index is -0.240. The van der Waals surface area contributed by atoms with Crippen molar-refractivity contribution < 1.29 is 9.53 Å². The quantitative estimate of drug-likeness (QED) is 0.200. The van der Waals surface area contributed by atoms with Crippen LogP contribution in [-0.4, -0.2) is 33.3 Å². The third-order valence-electron chi connectivity index (χ3n) is 6.36. The molecule has 0 atom stereocenters. The van der Waals surface area contributed by atoms with E-state index in [2.05, 4.69) is 10.3 Å². The molecule has 0 aliphatic carbocycles. The van der Waals surface area contributed by atoms with Crippen LogP contribution in [-0.2, 0) is 4.79 Å². The topological polar surface area (TPSA) is 89.0 Å². The summed E-state index contributed by atoms with van der Waals surface area (Å²) < 4.78 is 6.82. The first-order valence-corrected chi connectivity index (χ1v) is 13.2. The molecule has 3 aromatic carbocycles. The van der Waals surface area contributed by atoms with E-state index in [-0.39, 0.29) is 17.2 Å². The van der Waals surface area contributed by atoms with Crippen molar-refractivity contribution in [3.63, 3.8) is 0 Å². The van der Waals surface area contributed by atoms with E-state index in [1.807, 2.05) is 63.2 Å². The van der Waals surface area contributed by atoms with Crippen LogP contribution < -0.4 is 15.6 Å². The zero-order chi connectivity index (χ0) is 26.8. The number of nitrogens with one attached hydrogen (secondary N) is 2. The van der Waals surface area contributed by atoms with E-state index in [0.717, 1.165) is 33.5 Å². The maximum absolute atomic E-state index is 13.8. The molecule has 0 aliphatic rings. The number of carbonyl (C=O) groups is 1. The molecule has 192 valence electrons. The highest BCUT2D eigenvalue weighted by atomic mass is 32.2. The zero-order valence-corrected chi connectivity index (χ0v) is 22.5. The van der Waals surface area contributed by atoms with Crippen molar-refractivity contribution in [2.24, 2.45) is 0 Å². The third-order valence-corrected chi connectivity index (χ3v) is 7.30. The minimum absolute atomic E-state index is 0.0892. The van der Waals surface area contributed by atoms with E-state index in [4.69, 9.17) is 9.72 Å². The third kappa shape index (κ3) is 4.95. The maximum Gasteiger partial charge on any atom is 0.283 e. The molecule has 0 saturated carbocycles. The zero-order valence-electron chi connectivity index (χ0n) is 21.7. The predicted octanol–water partition coefficient (Wildman–Crippen LogP) is 6.05. The van der Waals surface area contributed by atoms with Crippen LogP contribution >= 0.6 is 11.8 Å². The molecule has 38 heavy (non-hydrogen) atoms. The van der Waals surface area contributed by atoms with Gasteiger partial charge in [-0.1, -0.05) is 59.8 Å². The predicted molar refractivity (Wildman–Crippen MR) is 154 cm³/mol. The van der Waals surface area contributed by atoms with Crippen molar-refractivity contribution in [3.8, 4) is 22.6 Å². The van der Waals surface area contributed by atoms with Gasteiger partial charge in [-0.2, -0.15) is 0 Å². The van der Waals surface area contributed by atoms with Gasteiger partial charge in [0.25, 0.3) is 5.56 Å². The number of aromatic amines is 1. The summed E-state index contributed by atoms with van der Waals surface area (Å²) in [6.07, 6.45) is 1.80. The number of aryl methyl sites for hydroxylation is 3. The number of carbonyl (C=O) groups excluding carboxylic acids is 1. The molecule has 5 rings (SSSR count). The second kappa shape index (κ2) is 10.6. The summed E-state index contributed by atoms with van der Waals surface area (Å²) in [5, 5.41) is 3.46. The van der Waals surface area contributed by atoms with Gasteiger partial charge in [-0.15, -0.1) is 0 Å². The number of nitrogens with zero attached hydrogens (tertiary/aromatic N) is 2. The fraction of sp³-hybridized carbons (Fsp3) is 0.167. The van der Waals surface area contributed by atoms with E-state index in [1.165, 1.54) is 16.3 Å². The molecule has 7 nitrogen and oxygen atoms in total. The van der Waals surface area contributed by atoms with Crippen molar-refractivity contribution in [1.29, 1.82) is 0 Å². The Morgan fingerprint density at radius 2 is 1.71 bits per heavy atom. The van der Waals surface area contributed by atoms with Crippen LogP contribution in [0.15, 0.2) is 82.9 Å². The van der Waals surface area contributed by atoms with E-state index >= 15 is 0 Å². The molecule has 0 fully saturated rings. The minimum Gasteiger partial charge on any atom is -0.497 e. The molecule has 8 heteroatoms. The lowest BCUT2D eigenvalue weighted by Crippen LogP contribution is -2.23. The Bertz CT molecular complexity index is 1670. The summed E-state index contributed by atoms with van der Waals surface area (Å²) in [7, 11) is 1.59. The van der Waals surface area contributed by atoms with Crippen LogP contribution in [0.2, 0.25) is 0 Å². The van der Waals surface area contributed by atoms with Crippen LogP contribution in [0.1, 0.15) is 16.7 Å². The lowest BCUT2D eigenvalue weighted by molar-refractivity contribution is -0.113. The Balaban J connectivity index is 1.54. The SMILES string of the molecule is COc1ccc(-n2c(SCC(=O)Nc3c(C)cc(C)cc3C)nc3c(-c4ccccc4)c[nH]c3c2=O)cc1. The summed E-state index contributed by atoms with van der Waals surface area (Å²) in [4.78, 5) is 34.8. The van der Waals surface area contributed by atoms with E-state index < -0.39 is 0 Å². The van der Waals surface area contributed by atoms with Gasteiger partial charge in [0.1, 0.15) is 16.8 Å². The van der Waals surface area contributed by atoms with Gasteiger partial charge in [-0.05, 0) is 61.7 Å². The van der Waals surface area contributed by atoms with Gasteiger partial charge in [0, 0.05) is 17.4 Å². The highest BCUT2D eigenvalue weighted by molar-refractivity contribution is 7.99. The molecule has 5 aromatic rings.